The summed E-state index contributed by atoms with van der Waals surface area (Å²) in [6, 6.07) is 12.5. The predicted molar refractivity (Wildman–Crippen MR) is 78.8 cm³/mol. The van der Waals surface area contributed by atoms with Crippen molar-refractivity contribution >= 4 is 27.3 Å². The SMILES string of the molecule is Brc1ccc(Cn2ccc(-c3ccsc3)n2)cc1. The van der Waals surface area contributed by atoms with Crippen LogP contribution in [-0.4, -0.2) is 9.78 Å². The van der Waals surface area contributed by atoms with Crippen molar-refractivity contribution in [3.05, 3.63) is 63.4 Å². The van der Waals surface area contributed by atoms with Crippen LogP contribution in [0.2, 0.25) is 0 Å². The van der Waals surface area contributed by atoms with Gasteiger partial charge in [-0.05, 0) is 35.2 Å². The fraction of sp³-hybridized carbons (Fsp3) is 0.0714. The lowest BCUT2D eigenvalue weighted by Crippen LogP contribution is -1.99. The summed E-state index contributed by atoms with van der Waals surface area (Å²) in [4.78, 5) is 0. The van der Waals surface area contributed by atoms with Crippen LogP contribution in [-0.2, 0) is 6.54 Å². The second-order valence-electron chi connectivity index (χ2n) is 4.04. The van der Waals surface area contributed by atoms with Gasteiger partial charge >= 0.3 is 0 Å². The Morgan fingerprint density at radius 3 is 2.67 bits per heavy atom. The maximum absolute atomic E-state index is 4.58. The zero-order chi connectivity index (χ0) is 12.4. The number of nitrogens with zero attached hydrogens (tertiary/aromatic N) is 2. The first-order valence-corrected chi connectivity index (χ1v) is 7.35. The Hall–Kier alpha value is -1.39. The van der Waals surface area contributed by atoms with E-state index in [1.165, 1.54) is 11.1 Å². The molecule has 0 N–H and O–H groups in total. The highest BCUT2D eigenvalue weighted by atomic mass is 79.9. The van der Waals surface area contributed by atoms with Crippen LogP contribution in [0.5, 0.6) is 0 Å². The minimum Gasteiger partial charge on any atom is -0.268 e. The van der Waals surface area contributed by atoms with Gasteiger partial charge in [-0.3, -0.25) is 4.68 Å². The summed E-state index contributed by atoms with van der Waals surface area (Å²) >= 11 is 5.13. The van der Waals surface area contributed by atoms with Crippen molar-refractivity contribution < 1.29 is 0 Å². The standard InChI is InChI=1S/C14H11BrN2S/c15-13-3-1-11(2-4-13)9-17-7-5-14(16-17)12-6-8-18-10-12/h1-8,10H,9H2. The molecule has 0 saturated carbocycles. The van der Waals surface area contributed by atoms with Gasteiger partial charge < -0.3 is 0 Å². The van der Waals surface area contributed by atoms with Crippen LogP contribution in [0.4, 0.5) is 0 Å². The average molecular weight is 319 g/mol. The van der Waals surface area contributed by atoms with Crippen LogP contribution in [0.1, 0.15) is 5.56 Å². The number of halogens is 1. The first-order valence-electron chi connectivity index (χ1n) is 5.62. The summed E-state index contributed by atoms with van der Waals surface area (Å²) in [5.74, 6) is 0. The quantitative estimate of drug-likeness (QED) is 0.699. The number of hydrogen-bond acceptors (Lipinski definition) is 2. The molecule has 0 atom stereocenters. The summed E-state index contributed by atoms with van der Waals surface area (Å²) < 4.78 is 3.07. The van der Waals surface area contributed by atoms with Crippen molar-refractivity contribution in [3.63, 3.8) is 0 Å². The third kappa shape index (κ3) is 2.54. The normalized spacial score (nSPS) is 10.7. The Morgan fingerprint density at radius 2 is 1.94 bits per heavy atom. The summed E-state index contributed by atoms with van der Waals surface area (Å²) in [6.45, 7) is 0.803. The second kappa shape index (κ2) is 5.08. The molecule has 0 aliphatic heterocycles. The summed E-state index contributed by atoms with van der Waals surface area (Å²) in [5, 5.41) is 8.77. The third-order valence-corrected chi connectivity index (χ3v) is 3.93. The molecule has 0 bridgehead atoms. The Morgan fingerprint density at radius 1 is 1.11 bits per heavy atom. The van der Waals surface area contributed by atoms with Crippen molar-refractivity contribution in [3.8, 4) is 11.3 Å². The van der Waals surface area contributed by atoms with E-state index in [4.69, 9.17) is 0 Å². The van der Waals surface area contributed by atoms with Gasteiger partial charge in [0.1, 0.15) is 0 Å². The Bertz CT molecular complexity index is 626. The molecule has 90 valence electrons. The topological polar surface area (TPSA) is 17.8 Å². The van der Waals surface area contributed by atoms with E-state index >= 15 is 0 Å². The van der Waals surface area contributed by atoms with Gasteiger partial charge in [-0.2, -0.15) is 16.4 Å². The molecule has 4 heteroatoms. The number of hydrogen-bond donors (Lipinski definition) is 0. The number of benzene rings is 1. The second-order valence-corrected chi connectivity index (χ2v) is 5.73. The maximum atomic E-state index is 4.58. The highest BCUT2D eigenvalue weighted by Gasteiger charge is 2.03. The lowest BCUT2D eigenvalue weighted by molar-refractivity contribution is 0.689. The van der Waals surface area contributed by atoms with E-state index in [2.05, 4.69) is 68.2 Å². The summed E-state index contributed by atoms with van der Waals surface area (Å²) in [6.07, 6.45) is 2.02. The molecule has 0 aliphatic carbocycles. The lowest BCUT2D eigenvalue weighted by atomic mass is 10.2. The average Bonchev–Trinajstić information content (AvgIpc) is 3.02. The molecular weight excluding hydrogens is 308 g/mol. The molecular formula is C14H11BrN2S. The zero-order valence-corrected chi connectivity index (χ0v) is 12.0. The van der Waals surface area contributed by atoms with Crippen LogP contribution in [0.15, 0.2) is 57.8 Å². The summed E-state index contributed by atoms with van der Waals surface area (Å²) in [5.41, 5.74) is 3.47. The van der Waals surface area contributed by atoms with Crippen LogP contribution in [0.25, 0.3) is 11.3 Å². The molecule has 0 amide bonds. The highest BCUT2D eigenvalue weighted by Crippen LogP contribution is 2.20. The zero-order valence-electron chi connectivity index (χ0n) is 9.58. The van der Waals surface area contributed by atoms with Gasteiger partial charge in [-0.1, -0.05) is 28.1 Å². The minimum atomic E-state index is 0.803. The molecule has 0 fully saturated rings. The van der Waals surface area contributed by atoms with Crippen LogP contribution in [0.3, 0.4) is 0 Å². The van der Waals surface area contributed by atoms with E-state index in [9.17, 15) is 0 Å². The monoisotopic (exact) mass is 318 g/mol. The van der Waals surface area contributed by atoms with E-state index in [1.54, 1.807) is 11.3 Å². The third-order valence-electron chi connectivity index (χ3n) is 2.72. The Balaban J connectivity index is 1.80. The van der Waals surface area contributed by atoms with Crippen molar-refractivity contribution in [1.82, 2.24) is 9.78 Å². The molecule has 2 heterocycles. The van der Waals surface area contributed by atoms with Gasteiger partial charge in [0, 0.05) is 21.6 Å². The molecule has 1 aromatic carbocycles. The molecule has 3 aromatic rings. The van der Waals surface area contributed by atoms with Gasteiger partial charge in [0.05, 0.1) is 12.2 Å². The number of thiophene rings is 1. The van der Waals surface area contributed by atoms with E-state index in [0.717, 1.165) is 16.7 Å². The molecule has 0 aliphatic rings. The molecule has 18 heavy (non-hydrogen) atoms. The maximum Gasteiger partial charge on any atom is 0.0931 e. The van der Waals surface area contributed by atoms with E-state index in [-0.39, 0.29) is 0 Å². The molecule has 0 spiro atoms. The first kappa shape index (κ1) is 11.7. The lowest BCUT2D eigenvalue weighted by Gasteiger charge is -2.01. The number of aromatic nitrogens is 2. The van der Waals surface area contributed by atoms with Crippen molar-refractivity contribution in [2.24, 2.45) is 0 Å². The molecule has 0 saturated heterocycles. The van der Waals surface area contributed by atoms with Gasteiger partial charge in [0.2, 0.25) is 0 Å². The van der Waals surface area contributed by atoms with Crippen LogP contribution >= 0.6 is 27.3 Å². The minimum absolute atomic E-state index is 0.803. The van der Waals surface area contributed by atoms with E-state index < -0.39 is 0 Å². The smallest absolute Gasteiger partial charge is 0.0931 e. The van der Waals surface area contributed by atoms with Crippen LogP contribution < -0.4 is 0 Å². The van der Waals surface area contributed by atoms with E-state index in [0.29, 0.717) is 0 Å². The van der Waals surface area contributed by atoms with Gasteiger partial charge in [-0.15, -0.1) is 0 Å². The Labute approximate surface area is 118 Å². The van der Waals surface area contributed by atoms with Gasteiger partial charge in [0.25, 0.3) is 0 Å². The Kier molecular flexibility index (Phi) is 3.30. The molecule has 0 radical (unpaired) electrons. The highest BCUT2D eigenvalue weighted by molar-refractivity contribution is 9.10. The number of rotatable bonds is 3. The van der Waals surface area contributed by atoms with Crippen LogP contribution in [0, 0.1) is 0 Å². The van der Waals surface area contributed by atoms with Crippen molar-refractivity contribution in [1.29, 1.82) is 0 Å². The largest absolute Gasteiger partial charge is 0.268 e. The van der Waals surface area contributed by atoms with Crippen molar-refractivity contribution in [2.45, 2.75) is 6.54 Å². The van der Waals surface area contributed by atoms with E-state index in [1.807, 2.05) is 10.9 Å². The molecule has 2 aromatic heterocycles. The van der Waals surface area contributed by atoms with Gasteiger partial charge in [0.15, 0.2) is 0 Å². The molecule has 3 rings (SSSR count). The first-order chi connectivity index (χ1) is 8.81. The van der Waals surface area contributed by atoms with Crippen molar-refractivity contribution in [2.75, 3.05) is 0 Å². The summed E-state index contributed by atoms with van der Waals surface area (Å²) in [7, 11) is 0. The molecule has 2 nitrogen and oxygen atoms in total. The fourth-order valence-electron chi connectivity index (χ4n) is 1.79. The fourth-order valence-corrected chi connectivity index (χ4v) is 2.70. The molecule has 0 unspecified atom stereocenters. The van der Waals surface area contributed by atoms with Gasteiger partial charge in [-0.25, -0.2) is 0 Å². The predicted octanol–water partition coefficient (Wildman–Crippen LogP) is 4.42.